The molecule has 19 heavy (non-hydrogen) atoms. The fourth-order valence-corrected chi connectivity index (χ4v) is 1.67. The molecule has 4 nitrogen and oxygen atoms in total. The zero-order valence-electron chi connectivity index (χ0n) is 10.3. The monoisotopic (exact) mass is 440 g/mol. The van der Waals surface area contributed by atoms with Gasteiger partial charge >= 0.3 is 58.9 Å². The standard InChI is InChI=1S/C8H12N2O.C6H5O.Pt/c9-5-8(10)6-1-3-7(11)4-2-6;7-6-4-2-1-3-5-6;/h1-4,8,11H,5,9-10H2;2-5,7H;. The van der Waals surface area contributed by atoms with Crippen molar-refractivity contribution < 1.29 is 30.0 Å². The molecule has 105 valence electrons. The average Bonchev–Trinajstić information content (AvgIpc) is 2.43. The maximum atomic E-state index is 8.94. The molecule has 0 aromatic heterocycles. The second kappa shape index (κ2) is 7.95. The van der Waals surface area contributed by atoms with Gasteiger partial charge in [0.25, 0.3) is 0 Å². The Morgan fingerprint density at radius 3 is 1.68 bits per heavy atom. The topological polar surface area (TPSA) is 92.5 Å². The van der Waals surface area contributed by atoms with E-state index in [-0.39, 0.29) is 11.8 Å². The van der Waals surface area contributed by atoms with E-state index in [0.29, 0.717) is 12.3 Å². The summed E-state index contributed by atoms with van der Waals surface area (Å²) in [5.41, 5.74) is 11.9. The van der Waals surface area contributed by atoms with Crippen LogP contribution in [0.4, 0.5) is 0 Å². The van der Waals surface area contributed by atoms with E-state index in [1.54, 1.807) is 36.4 Å². The Bertz CT molecular complexity index is 465. The number of phenolic OH excluding ortho intramolecular Hbond substituents is 2. The summed E-state index contributed by atoms with van der Waals surface area (Å²) in [5.74, 6) is 0.573. The quantitative estimate of drug-likeness (QED) is 0.559. The molecule has 0 radical (unpaired) electrons. The van der Waals surface area contributed by atoms with Gasteiger partial charge in [-0.25, -0.2) is 0 Å². The van der Waals surface area contributed by atoms with Crippen LogP contribution in [0.25, 0.3) is 0 Å². The SMILES string of the molecule is NCC(N)c1ccc(O)cc1.Oc1cc[c]([Pt])cc1. The Morgan fingerprint density at radius 2 is 1.32 bits per heavy atom. The van der Waals surface area contributed by atoms with E-state index < -0.39 is 0 Å². The van der Waals surface area contributed by atoms with E-state index >= 15 is 0 Å². The van der Waals surface area contributed by atoms with Crippen LogP contribution in [0.1, 0.15) is 11.6 Å². The molecule has 0 saturated heterocycles. The molecule has 2 aromatic carbocycles. The van der Waals surface area contributed by atoms with Crippen molar-refractivity contribution in [3.63, 3.8) is 0 Å². The molecular formula is C14H17N2O2Pt. The van der Waals surface area contributed by atoms with E-state index in [0.717, 1.165) is 9.52 Å². The molecule has 0 saturated carbocycles. The summed E-state index contributed by atoms with van der Waals surface area (Å²) in [6.45, 7) is 0.421. The number of nitrogens with two attached hydrogens (primary N) is 2. The van der Waals surface area contributed by atoms with Crippen LogP contribution < -0.4 is 15.4 Å². The first kappa shape index (κ1) is 15.7. The molecule has 2 rings (SSSR count). The van der Waals surface area contributed by atoms with Crippen molar-refractivity contribution in [2.24, 2.45) is 11.5 Å². The van der Waals surface area contributed by atoms with Crippen molar-refractivity contribution in [3.8, 4) is 11.5 Å². The van der Waals surface area contributed by atoms with Gasteiger partial charge in [0.05, 0.1) is 0 Å². The Morgan fingerprint density at radius 1 is 0.895 bits per heavy atom. The summed E-state index contributed by atoms with van der Waals surface area (Å²) >= 11 is 2.17. The Hall–Kier alpha value is -1.35. The second-order valence-corrected chi connectivity index (χ2v) is 5.19. The van der Waals surface area contributed by atoms with Gasteiger partial charge in [-0.05, 0) is 17.7 Å². The molecule has 0 aliphatic heterocycles. The van der Waals surface area contributed by atoms with Gasteiger partial charge in [0.1, 0.15) is 5.75 Å². The fraction of sp³-hybridized carbons (Fsp3) is 0.143. The Labute approximate surface area is 124 Å². The maximum absolute atomic E-state index is 8.94. The molecule has 6 N–H and O–H groups in total. The third-order valence-corrected chi connectivity index (χ3v) is 3.14. The minimum absolute atomic E-state index is 0.129. The zero-order chi connectivity index (χ0) is 14.3. The third kappa shape index (κ3) is 5.88. The van der Waals surface area contributed by atoms with Gasteiger partial charge in [0.15, 0.2) is 0 Å². The summed E-state index contributed by atoms with van der Waals surface area (Å²) in [7, 11) is 0. The fourth-order valence-electron chi connectivity index (χ4n) is 1.29. The molecule has 1 unspecified atom stereocenters. The molecule has 2 aromatic rings. The third-order valence-electron chi connectivity index (χ3n) is 2.38. The van der Waals surface area contributed by atoms with E-state index in [4.69, 9.17) is 21.7 Å². The predicted octanol–water partition coefficient (Wildman–Crippen LogP) is 0.915. The number of benzene rings is 2. The number of hydrogen-bond donors (Lipinski definition) is 4. The van der Waals surface area contributed by atoms with Gasteiger partial charge in [-0.1, -0.05) is 12.1 Å². The van der Waals surface area contributed by atoms with Crippen LogP contribution in [0.15, 0.2) is 48.5 Å². The molecule has 0 aliphatic rings. The van der Waals surface area contributed by atoms with E-state index in [1.165, 1.54) is 0 Å². The summed E-state index contributed by atoms with van der Waals surface area (Å²) in [6.07, 6.45) is 0. The summed E-state index contributed by atoms with van der Waals surface area (Å²) in [6, 6.07) is 13.7. The molecular weight excluding hydrogens is 423 g/mol. The van der Waals surface area contributed by atoms with Gasteiger partial charge < -0.3 is 16.6 Å². The van der Waals surface area contributed by atoms with Crippen molar-refractivity contribution in [3.05, 3.63) is 54.1 Å². The van der Waals surface area contributed by atoms with Crippen LogP contribution >= 0.6 is 0 Å². The van der Waals surface area contributed by atoms with Crippen LogP contribution in [0, 0.1) is 0 Å². The first-order chi connectivity index (χ1) is 9.02. The number of hydrogen-bond acceptors (Lipinski definition) is 4. The van der Waals surface area contributed by atoms with Crippen molar-refractivity contribution in [1.82, 2.24) is 0 Å². The van der Waals surface area contributed by atoms with Gasteiger partial charge in [-0.15, -0.1) is 0 Å². The molecule has 0 amide bonds. The van der Waals surface area contributed by atoms with Crippen molar-refractivity contribution >= 4 is 3.95 Å². The molecule has 0 heterocycles. The van der Waals surface area contributed by atoms with Crippen molar-refractivity contribution in [2.75, 3.05) is 6.54 Å². The molecule has 1 atom stereocenters. The number of aromatic hydroxyl groups is 2. The first-order valence-electron chi connectivity index (χ1n) is 5.69. The summed E-state index contributed by atoms with van der Waals surface area (Å²) < 4.78 is 1.14. The van der Waals surface area contributed by atoms with Gasteiger partial charge in [-0.2, -0.15) is 0 Å². The van der Waals surface area contributed by atoms with E-state index in [1.807, 2.05) is 12.1 Å². The van der Waals surface area contributed by atoms with Crippen LogP contribution in [-0.2, 0) is 19.8 Å². The van der Waals surface area contributed by atoms with Gasteiger partial charge in [0, 0.05) is 12.6 Å². The molecule has 5 heteroatoms. The Kier molecular flexibility index (Phi) is 6.57. The molecule has 0 bridgehead atoms. The predicted molar refractivity (Wildman–Crippen MR) is 71.8 cm³/mol. The zero-order valence-corrected chi connectivity index (χ0v) is 12.5. The van der Waals surface area contributed by atoms with Crippen LogP contribution in [0.3, 0.4) is 0 Å². The van der Waals surface area contributed by atoms with Crippen molar-refractivity contribution in [2.45, 2.75) is 6.04 Å². The molecule has 0 fully saturated rings. The van der Waals surface area contributed by atoms with Crippen LogP contribution in [0.2, 0.25) is 0 Å². The van der Waals surface area contributed by atoms with E-state index in [2.05, 4.69) is 19.8 Å². The molecule has 0 spiro atoms. The number of rotatable bonds is 2. The van der Waals surface area contributed by atoms with Crippen LogP contribution in [-0.4, -0.2) is 16.8 Å². The second-order valence-electron chi connectivity index (χ2n) is 3.87. The first-order valence-corrected chi connectivity index (χ1v) is 6.82. The molecule has 0 aliphatic carbocycles. The average molecular weight is 440 g/mol. The Balaban J connectivity index is 0.000000200. The summed E-state index contributed by atoms with van der Waals surface area (Å²) in [4.78, 5) is 0. The minimum atomic E-state index is -0.129. The van der Waals surface area contributed by atoms with Crippen LogP contribution in [0.5, 0.6) is 11.5 Å². The van der Waals surface area contributed by atoms with Gasteiger partial charge in [0.2, 0.25) is 0 Å². The van der Waals surface area contributed by atoms with E-state index in [9.17, 15) is 0 Å². The van der Waals surface area contributed by atoms with Crippen molar-refractivity contribution in [1.29, 1.82) is 0 Å². The number of phenols is 2. The van der Waals surface area contributed by atoms with Gasteiger partial charge in [-0.3, -0.25) is 0 Å². The normalized spacial score (nSPS) is 11.4. The summed E-state index contributed by atoms with van der Waals surface area (Å²) in [5, 5.41) is 17.7.